The van der Waals surface area contributed by atoms with Gasteiger partial charge in [-0.05, 0) is 26.0 Å². The van der Waals surface area contributed by atoms with Gasteiger partial charge in [0.1, 0.15) is 45.8 Å². The van der Waals surface area contributed by atoms with E-state index in [1.165, 1.54) is 53.8 Å². The molecule has 3 fully saturated rings. The minimum atomic E-state index is -0.210. The lowest BCUT2D eigenvalue weighted by atomic mass is 10.0. The fourth-order valence-electron chi connectivity index (χ4n) is 3.73. The van der Waals surface area contributed by atoms with Gasteiger partial charge in [-0.15, -0.1) is 0 Å². The lowest BCUT2D eigenvalue weighted by Crippen LogP contribution is -2.73. The first-order valence-electron chi connectivity index (χ1n) is 8.38. The van der Waals surface area contributed by atoms with E-state index in [1.807, 2.05) is 32.0 Å². The number of carbonyl (C=O) groups is 1. The van der Waals surface area contributed by atoms with Crippen molar-refractivity contribution in [2.24, 2.45) is 0 Å². The molecule has 0 aliphatic carbocycles. The second-order valence-electron chi connectivity index (χ2n) is 7.62. The Kier molecular flexibility index (Phi) is 4.00. The Hall–Kier alpha value is -1.39. The highest BCUT2D eigenvalue weighted by atomic mass is 16.5. The molecular weight excluding hydrogens is 276 g/mol. The molecule has 0 atom stereocenters. The Morgan fingerprint density at radius 2 is 1.77 bits per heavy atom. The number of quaternary nitrogens is 2. The Bertz CT molecular complexity index is 543. The van der Waals surface area contributed by atoms with Gasteiger partial charge in [-0.1, -0.05) is 12.1 Å². The predicted molar refractivity (Wildman–Crippen MR) is 86.3 cm³/mol. The smallest absolute Gasteiger partial charge is 0.338 e. The molecule has 3 aliphatic heterocycles. The van der Waals surface area contributed by atoms with Crippen molar-refractivity contribution in [3.05, 3.63) is 35.4 Å². The van der Waals surface area contributed by atoms with E-state index in [-0.39, 0.29) is 12.1 Å². The average Bonchev–Trinajstić information content (AvgIpc) is 2.49. The van der Waals surface area contributed by atoms with Gasteiger partial charge in [0.25, 0.3) is 0 Å². The van der Waals surface area contributed by atoms with Crippen LogP contribution < -0.4 is 0 Å². The number of esters is 1. The van der Waals surface area contributed by atoms with E-state index in [0.717, 1.165) is 6.54 Å². The standard InChI is InChI=1S/C18H28N2O2/c1-15(2)22-18(21)17-6-4-5-16(13-17)14-20-10-7-19(3,8-11-20)9-12-20/h4-6,13,15H,7-12,14H2,1-3H3/q+2. The van der Waals surface area contributed by atoms with Crippen molar-refractivity contribution in [3.63, 3.8) is 0 Å². The number of hydrogen-bond acceptors (Lipinski definition) is 2. The Morgan fingerprint density at radius 3 is 2.36 bits per heavy atom. The number of ether oxygens (including phenoxy) is 1. The van der Waals surface area contributed by atoms with Crippen molar-refractivity contribution in [2.75, 3.05) is 46.3 Å². The topological polar surface area (TPSA) is 26.3 Å². The zero-order valence-corrected chi connectivity index (χ0v) is 14.0. The SMILES string of the molecule is CC(C)OC(=O)c1cccc(C[N+]23CC[N+](C)(CC2)CC3)c1. The van der Waals surface area contributed by atoms with E-state index >= 15 is 0 Å². The normalized spacial score (nSPS) is 30.5. The quantitative estimate of drug-likeness (QED) is 0.628. The van der Waals surface area contributed by atoms with Crippen LogP contribution in [0, 0.1) is 0 Å². The van der Waals surface area contributed by atoms with E-state index in [0.29, 0.717) is 5.56 Å². The second-order valence-corrected chi connectivity index (χ2v) is 7.62. The molecular formula is C18H28N2O2+2. The van der Waals surface area contributed by atoms with Crippen molar-refractivity contribution in [3.8, 4) is 0 Å². The Balaban J connectivity index is 1.72. The van der Waals surface area contributed by atoms with Crippen molar-refractivity contribution in [1.82, 2.24) is 0 Å². The van der Waals surface area contributed by atoms with Crippen molar-refractivity contribution in [2.45, 2.75) is 26.5 Å². The molecule has 22 heavy (non-hydrogen) atoms. The fraction of sp³-hybridized carbons (Fsp3) is 0.611. The van der Waals surface area contributed by atoms with Gasteiger partial charge in [0, 0.05) is 5.56 Å². The number of piperazine rings is 3. The summed E-state index contributed by atoms with van der Waals surface area (Å²) in [6, 6.07) is 8.01. The van der Waals surface area contributed by atoms with Gasteiger partial charge in [0.15, 0.2) is 0 Å². The van der Waals surface area contributed by atoms with Crippen LogP contribution in [0.4, 0.5) is 0 Å². The van der Waals surface area contributed by atoms with E-state index in [9.17, 15) is 4.79 Å². The van der Waals surface area contributed by atoms with Crippen LogP contribution in [0.2, 0.25) is 0 Å². The highest BCUT2D eigenvalue weighted by Crippen LogP contribution is 2.27. The summed E-state index contributed by atoms with van der Waals surface area (Å²) >= 11 is 0. The summed E-state index contributed by atoms with van der Waals surface area (Å²) in [6.07, 6.45) is -0.0716. The number of benzene rings is 1. The molecule has 0 amide bonds. The number of rotatable bonds is 4. The highest BCUT2D eigenvalue weighted by molar-refractivity contribution is 5.89. The van der Waals surface area contributed by atoms with Crippen LogP contribution in [0.15, 0.2) is 24.3 Å². The summed E-state index contributed by atoms with van der Waals surface area (Å²) in [5.41, 5.74) is 1.94. The maximum absolute atomic E-state index is 12.1. The number of carbonyl (C=O) groups excluding carboxylic acids is 1. The predicted octanol–water partition coefficient (Wildman–Crippen LogP) is 2.04. The summed E-state index contributed by atoms with van der Waals surface area (Å²) in [7, 11) is 2.38. The third-order valence-electron chi connectivity index (χ3n) is 5.37. The molecule has 1 aromatic carbocycles. The first-order valence-corrected chi connectivity index (χ1v) is 8.38. The van der Waals surface area contributed by atoms with Crippen molar-refractivity contribution in [1.29, 1.82) is 0 Å². The molecule has 0 aromatic heterocycles. The largest absolute Gasteiger partial charge is 0.459 e. The third-order valence-corrected chi connectivity index (χ3v) is 5.37. The number of fused-ring (bicyclic) bond motifs is 3. The summed E-state index contributed by atoms with van der Waals surface area (Å²) in [6.45, 7) is 12.5. The van der Waals surface area contributed by atoms with Crippen LogP contribution in [0.3, 0.4) is 0 Å². The molecule has 0 radical (unpaired) electrons. The van der Waals surface area contributed by atoms with E-state index in [4.69, 9.17) is 4.74 Å². The van der Waals surface area contributed by atoms with Gasteiger partial charge in [-0.25, -0.2) is 4.79 Å². The molecule has 0 saturated carbocycles. The molecule has 0 unspecified atom stereocenters. The van der Waals surface area contributed by atoms with Crippen LogP contribution in [0.1, 0.15) is 29.8 Å². The van der Waals surface area contributed by atoms with Gasteiger partial charge >= 0.3 is 5.97 Å². The van der Waals surface area contributed by atoms with Gasteiger partial charge in [0.05, 0.1) is 18.7 Å². The first kappa shape index (κ1) is 15.5. The highest BCUT2D eigenvalue weighted by Gasteiger charge is 2.46. The molecule has 4 rings (SSSR count). The van der Waals surface area contributed by atoms with Crippen LogP contribution in [0.5, 0.6) is 0 Å². The van der Waals surface area contributed by atoms with E-state index in [2.05, 4.69) is 13.1 Å². The Labute approximate surface area is 133 Å². The summed E-state index contributed by atoms with van der Waals surface area (Å²) in [5, 5.41) is 0. The van der Waals surface area contributed by atoms with Crippen LogP contribution in [0.25, 0.3) is 0 Å². The lowest BCUT2D eigenvalue weighted by Gasteiger charge is -2.54. The summed E-state index contributed by atoms with van der Waals surface area (Å²) in [5.74, 6) is -0.210. The molecule has 1 aromatic rings. The zero-order chi connectivity index (χ0) is 15.8. The molecule has 4 nitrogen and oxygen atoms in total. The fourth-order valence-corrected chi connectivity index (χ4v) is 3.73. The monoisotopic (exact) mass is 304 g/mol. The van der Waals surface area contributed by atoms with Gasteiger partial charge < -0.3 is 13.7 Å². The maximum Gasteiger partial charge on any atom is 0.338 e. The number of likely N-dealkylation sites (N-methyl/N-ethyl adjacent to an activating group) is 1. The summed E-state index contributed by atoms with van der Waals surface area (Å²) < 4.78 is 7.75. The average molecular weight is 304 g/mol. The van der Waals surface area contributed by atoms with Crippen molar-refractivity contribution < 1.29 is 18.5 Å². The molecule has 3 saturated heterocycles. The lowest BCUT2D eigenvalue weighted by molar-refractivity contribution is -1.08. The van der Waals surface area contributed by atoms with Crippen LogP contribution in [-0.4, -0.2) is 67.4 Å². The van der Waals surface area contributed by atoms with Crippen LogP contribution >= 0.6 is 0 Å². The molecule has 0 spiro atoms. The van der Waals surface area contributed by atoms with E-state index < -0.39 is 0 Å². The van der Waals surface area contributed by atoms with Crippen LogP contribution in [-0.2, 0) is 11.3 Å². The minimum absolute atomic E-state index is 0.0716. The molecule has 0 N–H and O–H groups in total. The molecule has 120 valence electrons. The zero-order valence-electron chi connectivity index (χ0n) is 14.0. The summed E-state index contributed by atoms with van der Waals surface area (Å²) in [4.78, 5) is 12.1. The first-order chi connectivity index (χ1) is 10.4. The van der Waals surface area contributed by atoms with Gasteiger partial charge in [-0.3, -0.25) is 0 Å². The van der Waals surface area contributed by atoms with Gasteiger partial charge in [0.2, 0.25) is 0 Å². The minimum Gasteiger partial charge on any atom is -0.459 e. The Morgan fingerprint density at radius 1 is 1.14 bits per heavy atom. The molecule has 2 bridgehead atoms. The molecule has 4 heteroatoms. The second kappa shape index (κ2) is 5.67. The number of hydrogen-bond donors (Lipinski definition) is 0. The number of nitrogens with zero attached hydrogens (tertiary/aromatic N) is 2. The maximum atomic E-state index is 12.1. The third kappa shape index (κ3) is 3.18. The molecule has 3 aliphatic rings. The van der Waals surface area contributed by atoms with Gasteiger partial charge in [-0.2, -0.15) is 0 Å². The van der Waals surface area contributed by atoms with Crippen molar-refractivity contribution >= 4 is 5.97 Å². The van der Waals surface area contributed by atoms with E-state index in [1.54, 1.807) is 0 Å². The molecule has 3 heterocycles.